The van der Waals surface area contributed by atoms with E-state index in [4.69, 9.17) is 4.74 Å². The van der Waals surface area contributed by atoms with Crippen molar-refractivity contribution in [1.29, 1.82) is 0 Å². The number of esters is 1. The van der Waals surface area contributed by atoms with E-state index in [1.165, 1.54) is 102 Å². The van der Waals surface area contributed by atoms with Crippen molar-refractivity contribution in [2.24, 2.45) is 23.7 Å². The summed E-state index contributed by atoms with van der Waals surface area (Å²) in [4.78, 5) is 12.7. The molecule has 0 N–H and O–H groups in total. The molecule has 0 heterocycles. The fourth-order valence-corrected chi connectivity index (χ4v) is 6.31. The quantitative estimate of drug-likeness (QED) is 0.169. The van der Waals surface area contributed by atoms with Crippen LogP contribution in [0, 0.1) is 23.7 Å². The Morgan fingerprint density at radius 1 is 0.727 bits per heavy atom. The van der Waals surface area contributed by atoms with E-state index in [1.54, 1.807) is 0 Å². The second-order valence-electron chi connectivity index (χ2n) is 11.1. The average Bonchev–Trinajstić information content (AvgIpc) is 2.86. The zero-order valence-corrected chi connectivity index (χ0v) is 21.7. The molecule has 33 heavy (non-hydrogen) atoms. The van der Waals surface area contributed by atoms with Gasteiger partial charge in [-0.05, 0) is 86.8 Å². The molecular weight excluding hydrogens is 404 g/mol. The molecule has 2 aliphatic carbocycles. The second-order valence-corrected chi connectivity index (χ2v) is 11.1. The van der Waals surface area contributed by atoms with Crippen LogP contribution in [-0.4, -0.2) is 5.97 Å². The smallest absolute Gasteiger partial charge is 0.314 e. The lowest BCUT2D eigenvalue weighted by molar-refractivity contribution is -0.140. The van der Waals surface area contributed by atoms with E-state index >= 15 is 0 Å². The normalized spacial score (nSPS) is 25.6. The van der Waals surface area contributed by atoms with Crippen molar-refractivity contribution in [3.63, 3.8) is 0 Å². The summed E-state index contributed by atoms with van der Waals surface area (Å²) in [6.07, 6.45) is 23.7. The molecule has 0 saturated heterocycles. The summed E-state index contributed by atoms with van der Waals surface area (Å²) in [5.74, 6) is 3.58. The number of hydrogen-bond acceptors (Lipinski definition) is 2. The third kappa shape index (κ3) is 9.10. The van der Waals surface area contributed by atoms with Crippen LogP contribution in [-0.2, 0) is 11.2 Å². The minimum atomic E-state index is -0.000959. The molecule has 0 spiro atoms. The molecule has 186 valence electrons. The summed E-state index contributed by atoms with van der Waals surface area (Å²) in [6.45, 7) is 4.53. The fourth-order valence-electron chi connectivity index (χ4n) is 6.31. The number of hydrogen-bond donors (Lipinski definition) is 0. The fraction of sp³-hybridized carbons (Fsp3) is 0.774. The number of carbonyl (C=O) groups excluding carboxylic acids is 1. The summed E-state index contributed by atoms with van der Waals surface area (Å²) in [7, 11) is 0. The molecule has 0 aliphatic heterocycles. The van der Waals surface area contributed by atoms with E-state index in [0.717, 1.165) is 42.8 Å². The van der Waals surface area contributed by atoms with Crippen LogP contribution >= 0.6 is 0 Å². The van der Waals surface area contributed by atoms with Crippen LogP contribution in [0.1, 0.15) is 129 Å². The summed E-state index contributed by atoms with van der Waals surface area (Å²) in [5, 5.41) is 0. The highest BCUT2D eigenvalue weighted by Crippen LogP contribution is 2.42. The van der Waals surface area contributed by atoms with Gasteiger partial charge in [0, 0.05) is 0 Å². The van der Waals surface area contributed by atoms with Crippen molar-refractivity contribution in [1.82, 2.24) is 0 Å². The molecule has 0 amide bonds. The first kappa shape index (κ1) is 26.3. The van der Waals surface area contributed by atoms with Gasteiger partial charge in [-0.25, -0.2) is 0 Å². The van der Waals surface area contributed by atoms with Crippen molar-refractivity contribution < 1.29 is 9.53 Å². The maximum Gasteiger partial charge on any atom is 0.314 e. The van der Waals surface area contributed by atoms with E-state index in [1.807, 2.05) is 12.1 Å². The molecule has 2 aliphatic rings. The number of ether oxygens (including phenoxy) is 1. The van der Waals surface area contributed by atoms with Gasteiger partial charge in [0.05, 0.1) is 5.92 Å². The summed E-state index contributed by atoms with van der Waals surface area (Å²) < 4.78 is 5.75. The zero-order valence-electron chi connectivity index (χ0n) is 21.7. The van der Waals surface area contributed by atoms with E-state index in [-0.39, 0.29) is 11.9 Å². The Kier molecular flexibility index (Phi) is 11.8. The summed E-state index contributed by atoms with van der Waals surface area (Å²) >= 11 is 0. The average molecular weight is 455 g/mol. The molecule has 0 atom stereocenters. The van der Waals surface area contributed by atoms with Crippen LogP contribution in [0.4, 0.5) is 0 Å². The largest absolute Gasteiger partial charge is 0.426 e. The zero-order chi connectivity index (χ0) is 23.3. The lowest BCUT2D eigenvalue weighted by Gasteiger charge is -2.37. The van der Waals surface area contributed by atoms with Crippen molar-refractivity contribution in [2.45, 2.75) is 129 Å². The molecule has 0 aromatic heterocycles. The first-order chi connectivity index (χ1) is 16.2. The summed E-state index contributed by atoms with van der Waals surface area (Å²) in [6, 6.07) is 8.20. The minimum absolute atomic E-state index is 0.000959. The van der Waals surface area contributed by atoms with Gasteiger partial charge in [-0.15, -0.1) is 0 Å². The first-order valence-corrected chi connectivity index (χ1v) is 14.5. The molecule has 0 radical (unpaired) electrons. The number of rotatable bonds is 13. The molecule has 1 aromatic rings. The molecule has 2 fully saturated rings. The van der Waals surface area contributed by atoms with Gasteiger partial charge in [-0.2, -0.15) is 0 Å². The van der Waals surface area contributed by atoms with Gasteiger partial charge in [-0.1, -0.05) is 90.2 Å². The minimum Gasteiger partial charge on any atom is -0.426 e. The van der Waals surface area contributed by atoms with Gasteiger partial charge in [0.15, 0.2) is 0 Å². The molecule has 2 heteroatoms. The van der Waals surface area contributed by atoms with Crippen LogP contribution in [0.3, 0.4) is 0 Å². The molecule has 1 aromatic carbocycles. The Morgan fingerprint density at radius 2 is 1.30 bits per heavy atom. The van der Waals surface area contributed by atoms with E-state index in [2.05, 4.69) is 26.0 Å². The third-order valence-electron chi connectivity index (χ3n) is 8.59. The standard InChI is InChI=1S/C31H50O2/c1-3-5-7-8-10-12-25-13-17-27(18-14-25)28-19-21-29(22-20-28)31(32)33-30-23-15-26(16-24-30)11-9-6-4-2/h15-16,23-25,27-29H,3-14,17-22H2,1-2H3. The van der Waals surface area contributed by atoms with E-state index < -0.39 is 0 Å². The van der Waals surface area contributed by atoms with Crippen molar-refractivity contribution in [2.75, 3.05) is 0 Å². The summed E-state index contributed by atoms with van der Waals surface area (Å²) in [5.41, 5.74) is 1.34. The molecule has 2 nitrogen and oxygen atoms in total. The van der Waals surface area contributed by atoms with Gasteiger partial charge >= 0.3 is 5.97 Å². The lowest BCUT2D eigenvalue weighted by Crippen LogP contribution is -2.30. The lowest BCUT2D eigenvalue weighted by atomic mass is 9.68. The number of aryl methyl sites for hydroxylation is 1. The third-order valence-corrected chi connectivity index (χ3v) is 8.59. The van der Waals surface area contributed by atoms with Gasteiger partial charge in [-0.3, -0.25) is 4.79 Å². The van der Waals surface area contributed by atoms with Gasteiger partial charge in [0.1, 0.15) is 5.75 Å². The molecular formula is C31H50O2. The Bertz CT molecular complexity index is 648. The van der Waals surface area contributed by atoms with E-state index in [9.17, 15) is 4.79 Å². The Hall–Kier alpha value is -1.31. The topological polar surface area (TPSA) is 26.3 Å². The van der Waals surface area contributed by atoms with Crippen molar-refractivity contribution in [3.05, 3.63) is 29.8 Å². The first-order valence-electron chi connectivity index (χ1n) is 14.5. The number of benzene rings is 1. The van der Waals surface area contributed by atoms with Crippen molar-refractivity contribution in [3.8, 4) is 5.75 Å². The van der Waals surface area contributed by atoms with Crippen molar-refractivity contribution >= 4 is 5.97 Å². The Labute approximate surface area is 204 Å². The molecule has 0 unspecified atom stereocenters. The maximum absolute atomic E-state index is 12.7. The van der Waals surface area contributed by atoms with Crippen LogP contribution in [0.2, 0.25) is 0 Å². The Balaban J connectivity index is 1.31. The van der Waals surface area contributed by atoms with Crippen LogP contribution in [0.5, 0.6) is 5.75 Å². The highest BCUT2D eigenvalue weighted by Gasteiger charge is 2.33. The predicted molar refractivity (Wildman–Crippen MR) is 140 cm³/mol. The van der Waals surface area contributed by atoms with Gasteiger partial charge in [0.25, 0.3) is 0 Å². The highest BCUT2D eigenvalue weighted by atomic mass is 16.5. The van der Waals surface area contributed by atoms with Crippen LogP contribution in [0.15, 0.2) is 24.3 Å². The van der Waals surface area contributed by atoms with E-state index in [0.29, 0.717) is 0 Å². The predicted octanol–water partition coefficient (Wildman–Crippen LogP) is 9.30. The van der Waals surface area contributed by atoms with Crippen LogP contribution in [0.25, 0.3) is 0 Å². The SMILES string of the molecule is CCCCCCCC1CCC(C2CCC(C(=O)Oc3ccc(CCCCC)cc3)CC2)CC1. The second kappa shape index (κ2) is 14.8. The van der Waals surface area contributed by atoms with Crippen LogP contribution < -0.4 is 4.74 Å². The number of unbranched alkanes of at least 4 members (excludes halogenated alkanes) is 6. The number of carbonyl (C=O) groups is 1. The molecule has 2 saturated carbocycles. The van der Waals surface area contributed by atoms with Gasteiger partial charge in [0.2, 0.25) is 0 Å². The molecule has 3 rings (SSSR count). The Morgan fingerprint density at radius 3 is 1.94 bits per heavy atom. The van der Waals surface area contributed by atoms with Gasteiger partial charge < -0.3 is 4.74 Å². The monoisotopic (exact) mass is 454 g/mol. The molecule has 0 bridgehead atoms. The highest BCUT2D eigenvalue weighted by molar-refractivity contribution is 5.75. The maximum atomic E-state index is 12.7.